The van der Waals surface area contributed by atoms with Gasteiger partial charge in [-0.25, -0.2) is 0 Å². The highest BCUT2D eigenvalue weighted by molar-refractivity contribution is 5.94. The number of Topliss-reactive ketones (excluding diaryl/α,β-unsaturated/α-hetero) is 1. The summed E-state index contributed by atoms with van der Waals surface area (Å²) in [6.45, 7) is 12.9. The van der Waals surface area contributed by atoms with Crippen LogP contribution in [0.2, 0.25) is 0 Å². The maximum atomic E-state index is 11.5. The minimum Gasteiger partial charge on any atom is -0.489 e. The van der Waals surface area contributed by atoms with E-state index in [2.05, 4.69) is 45.9 Å². The Morgan fingerprint density at radius 1 is 1.00 bits per heavy atom. The van der Waals surface area contributed by atoms with Gasteiger partial charge in [0.1, 0.15) is 12.4 Å². The number of ketones is 1. The Labute approximate surface area is 139 Å². The normalized spacial score (nSPS) is 11.4. The average Bonchev–Trinajstić information content (AvgIpc) is 2.46. The average molecular weight is 310 g/mol. The second-order valence-corrected chi connectivity index (χ2v) is 7.22. The van der Waals surface area contributed by atoms with Crippen molar-refractivity contribution in [2.45, 2.75) is 53.6 Å². The molecule has 0 saturated heterocycles. The largest absolute Gasteiger partial charge is 0.489 e. The first kappa shape index (κ1) is 17.3. The molecule has 0 fully saturated rings. The first-order valence-electron chi connectivity index (χ1n) is 8.03. The fourth-order valence-corrected chi connectivity index (χ4v) is 2.70. The topological polar surface area (TPSA) is 26.3 Å². The van der Waals surface area contributed by atoms with Crippen molar-refractivity contribution < 1.29 is 9.53 Å². The van der Waals surface area contributed by atoms with Crippen LogP contribution in [0.15, 0.2) is 36.4 Å². The molecule has 0 N–H and O–H groups in total. The van der Waals surface area contributed by atoms with E-state index in [0.717, 1.165) is 16.9 Å². The predicted octanol–water partition coefficient (Wildman–Crippen LogP) is 5.38. The molecule has 2 aromatic rings. The lowest BCUT2D eigenvalue weighted by Crippen LogP contribution is -2.14. The van der Waals surface area contributed by atoms with Crippen molar-refractivity contribution in [3.05, 3.63) is 64.2 Å². The van der Waals surface area contributed by atoms with Crippen LogP contribution in [0.3, 0.4) is 0 Å². The van der Waals surface area contributed by atoms with Crippen molar-refractivity contribution in [1.29, 1.82) is 0 Å². The second kappa shape index (κ2) is 6.57. The number of rotatable bonds is 4. The van der Waals surface area contributed by atoms with E-state index >= 15 is 0 Å². The molecular formula is C21H26O2. The number of hydrogen-bond donors (Lipinski definition) is 0. The van der Waals surface area contributed by atoms with E-state index < -0.39 is 0 Å². The van der Waals surface area contributed by atoms with E-state index in [1.807, 2.05) is 25.1 Å². The molecule has 0 radical (unpaired) electrons. The lowest BCUT2D eigenvalue weighted by atomic mass is 9.83. The molecule has 0 amide bonds. The summed E-state index contributed by atoms with van der Waals surface area (Å²) in [4.78, 5) is 11.5. The second-order valence-electron chi connectivity index (χ2n) is 7.22. The van der Waals surface area contributed by atoms with Crippen LogP contribution in [0.5, 0.6) is 5.75 Å². The number of carbonyl (C=O) groups is 1. The summed E-state index contributed by atoms with van der Waals surface area (Å²) >= 11 is 0. The lowest BCUT2D eigenvalue weighted by molar-refractivity contribution is 0.101. The van der Waals surface area contributed by atoms with E-state index in [1.54, 1.807) is 6.92 Å². The molecule has 0 aliphatic heterocycles. The molecule has 2 rings (SSSR count). The number of aryl methyl sites for hydroxylation is 2. The summed E-state index contributed by atoms with van der Waals surface area (Å²) in [5.41, 5.74) is 5.63. The van der Waals surface area contributed by atoms with Gasteiger partial charge in [-0.3, -0.25) is 4.79 Å². The van der Waals surface area contributed by atoms with Gasteiger partial charge in [0.2, 0.25) is 0 Å². The van der Waals surface area contributed by atoms with Crippen molar-refractivity contribution in [3.63, 3.8) is 0 Å². The minimum absolute atomic E-state index is 0.0557. The predicted molar refractivity (Wildman–Crippen MR) is 95.4 cm³/mol. The Morgan fingerprint density at radius 3 is 2.26 bits per heavy atom. The summed E-state index contributed by atoms with van der Waals surface area (Å²) in [6.07, 6.45) is 0. The number of carbonyl (C=O) groups excluding carboxylic acids is 1. The van der Waals surface area contributed by atoms with E-state index in [4.69, 9.17) is 4.74 Å². The van der Waals surface area contributed by atoms with Crippen molar-refractivity contribution in [1.82, 2.24) is 0 Å². The molecule has 0 atom stereocenters. The lowest BCUT2D eigenvalue weighted by Gasteiger charge is -2.22. The summed E-state index contributed by atoms with van der Waals surface area (Å²) in [5.74, 6) is 0.829. The van der Waals surface area contributed by atoms with Crippen LogP contribution in [0.1, 0.15) is 60.3 Å². The van der Waals surface area contributed by atoms with Gasteiger partial charge in [-0.15, -0.1) is 0 Å². The van der Waals surface area contributed by atoms with Crippen molar-refractivity contribution in [2.24, 2.45) is 0 Å². The molecule has 2 aromatic carbocycles. The minimum atomic E-state index is 0.0557. The smallest absolute Gasteiger partial charge is 0.159 e. The number of hydrogen-bond acceptors (Lipinski definition) is 2. The van der Waals surface area contributed by atoms with Crippen LogP contribution in [0, 0.1) is 13.8 Å². The first-order chi connectivity index (χ1) is 10.7. The van der Waals surface area contributed by atoms with Crippen molar-refractivity contribution in [3.8, 4) is 5.75 Å². The van der Waals surface area contributed by atoms with Crippen LogP contribution in [-0.4, -0.2) is 5.78 Å². The summed E-state index contributed by atoms with van der Waals surface area (Å²) in [6, 6.07) is 12.1. The zero-order chi connectivity index (χ0) is 17.2. The fraction of sp³-hybridized carbons (Fsp3) is 0.381. The van der Waals surface area contributed by atoms with Gasteiger partial charge in [-0.1, -0.05) is 51.1 Å². The van der Waals surface area contributed by atoms with Crippen molar-refractivity contribution >= 4 is 5.78 Å². The zero-order valence-corrected chi connectivity index (χ0v) is 15.0. The van der Waals surface area contributed by atoms with Gasteiger partial charge in [0.25, 0.3) is 0 Å². The molecule has 0 bridgehead atoms. The van der Waals surface area contributed by atoms with Crippen LogP contribution < -0.4 is 4.74 Å². The first-order valence-corrected chi connectivity index (χ1v) is 8.03. The van der Waals surface area contributed by atoms with Gasteiger partial charge in [0.05, 0.1) is 0 Å². The molecule has 23 heavy (non-hydrogen) atoms. The van der Waals surface area contributed by atoms with Crippen molar-refractivity contribution in [2.75, 3.05) is 0 Å². The van der Waals surface area contributed by atoms with Gasteiger partial charge >= 0.3 is 0 Å². The van der Waals surface area contributed by atoms with Gasteiger partial charge in [0.15, 0.2) is 5.78 Å². The van der Waals surface area contributed by atoms with E-state index in [-0.39, 0.29) is 11.2 Å². The van der Waals surface area contributed by atoms with Crippen LogP contribution >= 0.6 is 0 Å². The molecule has 0 saturated carbocycles. The van der Waals surface area contributed by atoms with Crippen LogP contribution in [0.4, 0.5) is 0 Å². The molecule has 122 valence electrons. The van der Waals surface area contributed by atoms with E-state index in [9.17, 15) is 4.79 Å². The Kier molecular flexibility index (Phi) is 4.93. The molecule has 2 nitrogen and oxygen atoms in total. The van der Waals surface area contributed by atoms with Gasteiger partial charge in [0, 0.05) is 5.56 Å². The summed E-state index contributed by atoms with van der Waals surface area (Å²) in [7, 11) is 0. The van der Waals surface area contributed by atoms with Crippen LogP contribution in [0.25, 0.3) is 0 Å². The Hall–Kier alpha value is -2.09. The van der Waals surface area contributed by atoms with Gasteiger partial charge < -0.3 is 4.74 Å². The molecule has 0 spiro atoms. The summed E-state index contributed by atoms with van der Waals surface area (Å²) < 4.78 is 5.97. The maximum absolute atomic E-state index is 11.5. The third-order valence-corrected chi connectivity index (χ3v) is 4.10. The Morgan fingerprint density at radius 2 is 1.65 bits per heavy atom. The third-order valence-electron chi connectivity index (χ3n) is 4.10. The molecular weight excluding hydrogens is 284 g/mol. The molecule has 0 heterocycles. The summed E-state index contributed by atoms with van der Waals surface area (Å²) in [5, 5.41) is 0. The highest BCUT2D eigenvalue weighted by Gasteiger charge is 2.16. The molecule has 0 aromatic heterocycles. The maximum Gasteiger partial charge on any atom is 0.159 e. The third kappa shape index (κ3) is 4.22. The SMILES string of the molecule is CC(=O)c1ccc(C)c(OCc2ccc(C)c(C(C)(C)C)c2)c1. The number of benzene rings is 2. The monoisotopic (exact) mass is 310 g/mol. The Bertz CT molecular complexity index is 721. The van der Waals surface area contributed by atoms with Gasteiger partial charge in [-0.05, 0) is 54.5 Å². The number of ether oxygens (including phenoxy) is 1. The van der Waals surface area contributed by atoms with Gasteiger partial charge in [-0.2, -0.15) is 0 Å². The quantitative estimate of drug-likeness (QED) is 0.708. The zero-order valence-electron chi connectivity index (χ0n) is 15.0. The highest BCUT2D eigenvalue weighted by atomic mass is 16.5. The van der Waals surface area contributed by atoms with Crippen LogP contribution in [-0.2, 0) is 12.0 Å². The highest BCUT2D eigenvalue weighted by Crippen LogP contribution is 2.27. The standard InChI is InChI=1S/C21H26O2/c1-14-7-9-17(11-19(14)21(4,5)6)13-23-20-12-18(16(3)22)10-8-15(20)2/h7-12H,13H2,1-6H3. The molecule has 0 unspecified atom stereocenters. The Balaban J connectivity index is 2.22. The molecule has 0 aliphatic carbocycles. The van der Waals surface area contributed by atoms with E-state index in [1.165, 1.54) is 11.1 Å². The molecule has 2 heteroatoms. The fourth-order valence-electron chi connectivity index (χ4n) is 2.70. The van der Waals surface area contributed by atoms with E-state index in [0.29, 0.717) is 12.2 Å². The molecule has 0 aliphatic rings.